The van der Waals surface area contributed by atoms with Crippen LogP contribution in [0.25, 0.3) is 0 Å². The molecule has 1 amide bonds. The SMILES string of the molecule is C[C@]1(NC(=O)OCc2ccccc2)C[C@@H]2CC[C@H]1CC2=O. The molecule has 3 aliphatic carbocycles. The van der Waals surface area contributed by atoms with Gasteiger partial charge in [-0.05, 0) is 37.7 Å². The van der Waals surface area contributed by atoms with Gasteiger partial charge in [-0.15, -0.1) is 0 Å². The average molecular weight is 287 g/mol. The number of rotatable bonds is 3. The molecule has 0 aromatic heterocycles. The molecule has 4 nitrogen and oxygen atoms in total. The van der Waals surface area contributed by atoms with Gasteiger partial charge in [0.2, 0.25) is 0 Å². The van der Waals surface area contributed by atoms with Gasteiger partial charge >= 0.3 is 6.09 Å². The Bertz CT molecular complexity index is 542. The van der Waals surface area contributed by atoms with E-state index in [0.29, 0.717) is 12.2 Å². The van der Waals surface area contributed by atoms with Crippen LogP contribution in [0.3, 0.4) is 0 Å². The monoisotopic (exact) mass is 287 g/mol. The maximum absolute atomic E-state index is 12.0. The maximum Gasteiger partial charge on any atom is 0.407 e. The molecule has 3 saturated carbocycles. The summed E-state index contributed by atoms with van der Waals surface area (Å²) in [6.07, 6.45) is 2.95. The minimum Gasteiger partial charge on any atom is -0.445 e. The molecule has 0 unspecified atom stereocenters. The van der Waals surface area contributed by atoms with E-state index >= 15 is 0 Å². The van der Waals surface area contributed by atoms with E-state index in [4.69, 9.17) is 4.74 Å². The van der Waals surface area contributed by atoms with Crippen LogP contribution < -0.4 is 5.32 Å². The van der Waals surface area contributed by atoms with E-state index in [2.05, 4.69) is 5.32 Å². The number of hydrogen-bond acceptors (Lipinski definition) is 3. The number of amides is 1. The van der Waals surface area contributed by atoms with Crippen molar-refractivity contribution < 1.29 is 14.3 Å². The van der Waals surface area contributed by atoms with Crippen LogP contribution in [0.4, 0.5) is 4.79 Å². The molecular weight excluding hydrogens is 266 g/mol. The van der Waals surface area contributed by atoms with Gasteiger partial charge in [0.1, 0.15) is 12.4 Å². The highest BCUT2D eigenvalue weighted by molar-refractivity contribution is 5.84. The molecule has 0 spiro atoms. The van der Waals surface area contributed by atoms with Crippen LogP contribution >= 0.6 is 0 Å². The Morgan fingerprint density at radius 2 is 2.10 bits per heavy atom. The third-order valence-corrected chi connectivity index (χ3v) is 4.94. The van der Waals surface area contributed by atoms with Gasteiger partial charge in [0.25, 0.3) is 0 Å². The van der Waals surface area contributed by atoms with Gasteiger partial charge in [0.05, 0.1) is 0 Å². The van der Waals surface area contributed by atoms with Crippen LogP contribution in [-0.4, -0.2) is 17.4 Å². The van der Waals surface area contributed by atoms with E-state index in [1.807, 2.05) is 37.3 Å². The average Bonchev–Trinajstić information content (AvgIpc) is 2.47. The molecule has 0 heterocycles. The number of fused-ring (bicyclic) bond motifs is 3. The summed E-state index contributed by atoms with van der Waals surface area (Å²) < 4.78 is 5.30. The van der Waals surface area contributed by atoms with Crippen molar-refractivity contribution in [1.29, 1.82) is 0 Å². The summed E-state index contributed by atoms with van der Waals surface area (Å²) in [5.74, 6) is 0.733. The molecule has 21 heavy (non-hydrogen) atoms. The van der Waals surface area contributed by atoms with Crippen molar-refractivity contribution in [3.05, 3.63) is 35.9 Å². The second-order valence-electron chi connectivity index (χ2n) is 6.45. The Labute approximate surface area is 124 Å². The summed E-state index contributed by atoms with van der Waals surface area (Å²) >= 11 is 0. The fourth-order valence-corrected chi connectivity index (χ4v) is 3.66. The summed E-state index contributed by atoms with van der Waals surface area (Å²) in [7, 11) is 0. The van der Waals surface area contributed by atoms with E-state index in [-0.39, 0.29) is 30.1 Å². The third kappa shape index (κ3) is 2.94. The summed E-state index contributed by atoms with van der Waals surface area (Å²) in [6, 6.07) is 9.63. The maximum atomic E-state index is 12.0. The molecule has 0 saturated heterocycles. The zero-order valence-corrected chi connectivity index (χ0v) is 12.3. The first kappa shape index (κ1) is 14.1. The Kier molecular flexibility index (Phi) is 3.70. The quantitative estimate of drug-likeness (QED) is 0.929. The molecule has 0 aliphatic heterocycles. The topological polar surface area (TPSA) is 55.4 Å². The van der Waals surface area contributed by atoms with Crippen molar-refractivity contribution in [3.8, 4) is 0 Å². The Morgan fingerprint density at radius 1 is 1.33 bits per heavy atom. The molecule has 3 atom stereocenters. The molecule has 2 bridgehead atoms. The highest BCUT2D eigenvalue weighted by atomic mass is 16.5. The smallest absolute Gasteiger partial charge is 0.407 e. The molecule has 4 rings (SSSR count). The zero-order chi connectivity index (χ0) is 14.9. The molecule has 1 aromatic rings. The van der Waals surface area contributed by atoms with Crippen LogP contribution in [0.1, 0.15) is 38.2 Å². The predicted molar refractivity (Wildman–Crippen MR) is 78.6 cm³/mol. The molecule has 0 radical (unpaired) electrons. The fourth-order valence-electron chi connectivity index (χ4n) is 3.66. The largest absolute Gasteiger partial charge is 0.445 e. The second-order valence-corrected chi connectivity index (χ2v) is 6.45. The minimum atomic E-state index is -0.388. The number of carbonyl (C=O) groups excluding carboxylic acids is 2. The standard InChI is InChI=1S/C17H21NO3/c1-17(10-13-7-8-14(17)9-15(13)19)18-16(20)21-11-12-5-3-2-4-6-12/h2-6,13-14H,7-11H2,1H3,(H,18,20)/t13-,14-,17-/m0/s1. The fraction of sp³-hybridized carbons (Fsp3) is 0.529. The van der Waals surface area contributed by atoms with Crippen LogP contribution in [0.15, 0.2) is 30.3 Å². The molecule has 4 heteroatoms. The van der Waals surface area contributed by atoms with Crippen LogP contribution in [0, 0.1) is 11.8 Å². The highest BCUT2D eigenvalue weighted by Gasteiger charge is 2.49. The van der Waals surface area contributed by atoms with Crippen molar-refractivity contribution >= 4 is 11.9 Å². The van der Waals surface area contributed by atoms with Gasteiger partial charge in [-0.2, -0.15) is 0 Å². The number of carbonyl (C=O) groups is 2. The van der Waals surface area contributed by atoms with Crippen LogP contribution in [0.5, 0.6) is 0 Å². The first-order valence-electron chi connectivity index (χ1n) is 7.58. The van der Waals surface area contributed by atoms with Crippen LogP contribution in [-0.2, 0) is 16.1 Å². The first-order valence-corrected chi connectivity index (χ1v) is 7.58. The highest BCUT2D eigenvalue weighted by Crippen LogP contribution is 2.45. The lowest BCUT2D eigenvalue weighted by Crippen LogP contribution is -2.59. The van der Waals surface area contributed by atoms with E-state index in [1.54, 1.807) is 0 Å². The van der Waals surface area contributed by atoms with E-state index in [0.717, 1.165) is 24.8 Å². The molecule has 3 fully saturated rings. The number of hydrogen-bond donors (Lipinski definition) is 1. The Balaban J connectivity index is 1.56. The number of ether oxygens (including phenoxy) is 1. The summed E-state index contributed by atoms with van der Waals surface area (Å²) in [6.45, 7) is 2.32. The predicted octanol–water partition coefficient (Wildman–Crippen LogP) is 3.06. The van der Waals surface area contributed by atoms with Crippen molar-refractivity contribution in [2.45, 2.75) is 44.8 Å². The van der Waals surface area contributed by atoms with Gasteiger partial charge in [-0.1, -0.05) is 30.3 Å². The van der Waals surface area contributed by atoms with Crippen molar-refractivity contribution in [1.82, 2.24) is 5.32 Å². The van der Waals surface area contributed by atoms with Gasteiger partial charge < -0.3 is 10.1 Å². The summed E-state index contributed by atoms with van der Waals surface area (Å²) in [4.78, 5) is 23.8. The lowest BCUT2D eigenvalue weighted by atomic mass is 9.60. The molecule has 1 N–H and O–H groups in total. The molecular formula is C17H21NO3. The minimum absolute atomic E-state index is 0.120. The van der Waals surface area contributed by atoms with Gasteiger partial charge in [0.15, 0.2) is 0 Å². The lowest BCUT2D eigenvalue weighted by Gasteiger charge is -2.48. The number of ketones is 1. The van der Waals surface area contributed by atoms with Crippen molar-refractivity contribution in [3.63, 3.8) is 0 Å². The summed E-state index contributed by atoms with van der Waals surface area (Å²) in [5, 5.41) is 3.00. The number of benzene rings is 1. The van der Waals surface area contributed by atoms with Gasteiger partial charge in [-0.25, -0.2) is 4.79 Å². The van der Waals surface area contributed by atoms with E-state index in [1.165, 1.54) is 0 Å². The van der Waals surface area contributed by atoms with E-state index < -0.39 is 0 Å². The van der Waals surface area contributed by atoms with Crippen molar-refractivity contribution in [2.24, 2.45) is 11.8 Å². The lowest BCUT2D eigenvalue weighted by molar-refractivity contribution is -0.132. The first-order chi connectivity index (χ1) is 10.1. The Morgan fingerprint density at radius 3 is 2.71 bits per heavy atom. The Hall–Kier alpha value is -1.84. The third-order valence-electron chi connectivity index (χ3n) is 4.94. The van der Waals surface area contributed by atoms with Crippen molar-refractivity contribution in [2.75, 3.05) is 0 Å². The zero-order valence-electron chi connectivity index (χ0n) is 12.3. The molecule has 112 valence electrons. The number of nitrogens with one attached hydrogen (secondary N) is 1. The summed E-state index contributed by atoms with van der Waals surface area (Å²) in [5.41, 5.74) is 0.670. The van der Waals surface area contributed by atoms with Crippen LogP contribution in [0.2, 0.25) is 0 Å². The molecule has 3 aliphatic rings. The molecule has 1 aromatic carbocycles. The number of Topliss-reactive ketones (excluding diaryl/α,β-unsaturated/α-hetero) is 1. The van der Waals surface area contributed by atoms with Gasteiger partial charge in [-0.3, -0.25) is 4.79 Å². The number of alkyl carbamates (subject to hydrolysis) is 1. The second kappa shape index (κ2) is 5.51. The van der Waals surface area contributed by atoms with E-state index in [9.17, 15) is 9.59 Å². The normalized spacial score (nSPS) is 31.0. The van der Waals surface area contributed by atoms with Gasteiger partial charge in [0, 0.05) is 17.9 Å².